The number of aromatic nitrogens is 2. The van der Waals surface area contributed by atoms with Crippen LogP contribution in [0.15, 0.2) is 17.1 Å². The third kappa shape index (κ3) is 4.19. The first-order valence-corrected chi connectivity index (χ1v) is 8.72. The Balaban J connectivity index is 1.64. The van der Waals surface area contributed by atoms with Crippen LogP contribution < -0.4 is 11.2 Å². The zero-order valence-corrected chi connectivity index (χ0v) is 14.7. The molecule has 2 saturated heterocycles. The number of rotatable bonds is 8. The average molecular weight is 383 g/mol. The molecule has 1 aromatic heterocycles. The predicted molar refractivity (Wildman–Crippen MR) is 88.5 cm³/mol. The first-order chi connectivity index (χ1) is 13.0. The fourth-order valence-electron chi connectivity index (χ4n) is 2.94. The lowest BCUT2D eigenvalue weighted by atomic mass is 10.1. The fraction of sp³-hybridized carbons (Fsp3) is 0.625. The molecule has 2 N–H and O–H groups in total. The van der Waals surface area contributed by atoms with E-state index >= 15 is 0 Å². The lowest BCUT2D eigenvalue weighted by Crippen LogP contribution is -2.34. The Labute approximate surface area is 154 Å². The molecular weight excluding hydrogens is 362 g/mol. The second kappa shape index (κ2) is 8.35. The minimum Gasteiger partial charge on any atom is -0.424 e. The Morgan fingerprint density at radius 2 is 2.11 bits per heavy atom. The molecule has 0 amide bonds. The minimum absolute atomic E-state index is 0.0491. The van der Waals surface area contributed by atoms with Crippen molar-refractivity contribution in [3.05, 3.63) is 22.7 Å². The van der Waals surface area contributed by atoms with E-state index in [1.54, 1.807) is 0 Å². The van der Waals surface area contributed by atoms with E-state index in [2.05, 4.69) is 10.5 Å². The van der Waals surface area contributed by atoms with Crippen molar-refractivity contribution in [2.75, 3.05) is 12.1 Å². The van der Waals surface area contributed by atoms with Gasteiger partial charge in [-0.25, -0.2) is 19.9 Å². The van der Waals surface area contributed by atoms with Crippen molar-refractivity contribution < 1.29 is 33.7 Å². The molecule has 0 bridgehead atoms. The number of hydrogen-bond acceptors (Lipinski definition) is 10. The smallest absolute Gasteiger partial charge is 0.424 e. The van der Waals surface area contributed by atoms with Crippen molar-refractivity contribution >= 4 is 17.9 Å². The Bertz CT molecular complexity index is 751. The summed E-state index contributed by atoms with van der Waals surface area (Å²) in [6, 6.07) is 1.41. The number of unbranched alkanes of at least 4 members (excludes halogenated alkanes) is 2. The SMILES string of the molecule is CCCCCC(=O)ONc1ccn([C@@H]2O[C@H](CO)[C@H]3OC(=O)O[C@H]32)c(=O)n1. The maximum atomic E-state index is 12.3. The van der Waals surface area contributed by atoms with Gasteiger partial charge in [-0.05, 0) is 6.42 Å². The molecule has 0 unspecified atom stereocenters. The molecule has 1 aromatic rings. The van der Waals surface area contributed by atoms with E-state index < -0.39 is 49.0 Å². The molecule has 4 atom stereocenters. The number of carbonyl (C=O) groups is 2. The molecule has 0 spiro atoms. The van der Waals surface area contributed by atoms with E-state index in [9.17, 15) is 19.5 Å². The lowest BCUT2D eigenvalue weighted by molar-refractivity contribution is -0.140. The van der Waals surface area contributed by atoms with Crippen molar-refractivity contribution in [3.63, 3.8) is 0 Å². The van der Waals surface area contributed by atoms with Gasteiger partial charge in [0, 0.05) is 18.7 Å². The summed E-state index contributed by atoms with van der Waals surface area (Å²) in [4.78, 5) is 43.8. The third-order valence-corrected chi connectivity index (χ3v) is 4.29. The summed E-state index contributed by atoms with van der Waals surface area (Å²) in [5.74, 6) is -0.398. The number of anilines is 1. The Morgan fingerprint density at radius 3 is 2.81 bits per heavy atom. The maximum absolute atomic E-state index is 12.3. The van der Waals surface area contributed by atoms with Crippen LogP contribution in [0.4, 0.5) is 10.6 Å². The second-order valence-electron chi connectivity index (χ2n) is 6.20. The number of aliphatic hydroxyl groups is 1. The zero-order valence-electron chi connectivity index (χ0n) is 14.7. The number of nitrogens with one attached hydrogen (secondary N) is 1. The molecular formula is C16H21N3O8. The highest BCUT2D eigenvalue weighted by Crippen LogP contribution is 2.36. The molecule has 3 heterocycles. The average Bonchev–Trinajstić information content (AvgIpc) is 3.17. The summed E-state index contributed by atoms with van der Waals surface area (Å²) in [7, 11) is 0. The summed E-state index contributed by atoms with van der Waals surface area (Å²) in [6.07, 6.45) is -0.0817. The highest BCUT2D eigenvalue weighted by Gasteiger charge is 2.55. The molecule has 0 aromatic carbocycles. The van der Waals surface area contributed by atoms with Crippen LogP contribution in [0.25, 0.3) is 0 Å². The molecule has 2 aliphatic heterocycles. The standard InChI is InChI=1S/C16H21N3O8/c1-2-3-4-5-11(21)27-18-10-6-7-19(15(22)17-10)14-13-12(9(8-20)24-14)25-16(23)26-13/h6-7,9,12-14,20H,2-5,8H2,1H3,(H,17,18,22)/t9-,12-,13-,14-/m1/s1. The van der Waals surface area contributed by atoms with Crippen LogP contribution >= 0.6 is 0 Å². The monoisotopic (exact) mass is 383 g/mol. The summed E-state index contributed by atoms with van der Waals surface area (Å²) < 4.78 is 16.6. The topological polar surface area (TPSA) is 138 Å². The van der Waals surface area contributed by atoms with Crippen LogP contribution in [0.3, 0.4) is 0 Å². The van der Waals surface area contributed by atoms with Crippen LogP contribution in [0.1, 0.15) is 38.8 Å². The molecule has 2 aliphatic rings. The molecule has 27 heavy (non-hydrogen) atoms. The predicted octanol–water partition coefficient (Wildman–Crippen LogP) is 0.487. The van der Waals surface area contributed by atoms with E-state index in [4.69, 9.17) is 19.0 Å². The first kappa shape index (κ1) is 19.1. The van der Waals surface area contributed by atoms with Gasteiger partial charge in [-0.15, -0.1) is 0 Å². The van der Waals surface area contributed by atoms with E-state index in [1.807, 2.05) is 6.92 Å². The third-order valence-electron chi connectivity index (χ3n) is 4.29. The van der Waals surface area contributed by atoms with E-state index in [0.717, 1.165) is 23.8 Å². The van der Waals surface area contributed by atoms with Gasteiger partial charge in [-0.1, -0.05) is 19.8 Å². The molecule has 0 radical (unpaired) electrons. The molecule has 0 saturated carbocycles. The van der Waals surface area contributed by atoms with Gasteiger partial charge in [0.15, 0.2) is 24.3 Å². The molecule has 2 fully saturated rings. The molecule has 11 nitrogen and oxygen atoms in total. The van der Waals surface area contributed by atoms with Gasteiger partial charge in [0.25, 0.3) is 0 Å². The summed E-state index contributed by atoms with van der Waals surface area (Å²) >= 11 is 0. The lowest BCUT2D eigenvalue weighted by Gasteiger charge is -2.17. The number of hydrogen-bond donors (Lipinski definition) is 2. The van der Waals surface area contributed by atoms with E-state index in [-0.39, 0.29) is 12.2 Å². The molecule has 0 aliphatic carbocycles. The van der Waals surface area contributed by atoms with Crippen LogP contribution in [-0.4, -0.2) is 51.7 Å². The van der Waals surface area contributed by atoms with Crippen molar-refractivity contribution in [3.8, 4) is 0 Å². The Hall–Kier alpha value is -2.66. The van der Waals surface area contributed by atoms with Crippen molar-refractivity contribution in [1.29, 1.82) is 0 Å². The van der Waals surface area contributed by atoms with Gasteiger partial charge < -0.3 is 24.2 Å². The van der Waals surface area contributed by atoms with E-state index in [1.165, 1.54) is 12.3 Å². The van der Waals surface area contributed by atoms with Gasteiger partial charge in [0.05, 0.1) is 6.61 Å². The quantitative estimate of drug-likeness (QED) is 0.370. The van der Waals surface area contributed by atoms with Gasteiger partial charge in [-0.2, -0.15) is 4.98 Å². The fourth-order valence-corrected chi connectivity index (χ4v) is 2.94. The number of ether oxygens (including phenoxy) is 3. The highest BCUT2D eigenvalue weighted by atomic mass is 16.8. The van der Waals surface area contributed by atoms with Crippen LogP contribution in [0.2, 0.25) is 0 Å². The number of aliphatic hydroxyl groups excluding tert-OH is 1. The molecule has 148 valence electrons. The summed E-state index contributed by atoms with van der Waals surface area (Å²) in [6.45, 7) is 1.63. The normalized spacial score (nSPS) is 26.2. The Kier molecular flexibility index (Phi) is 5.91. The van der Waals surface area contributed by atoms with Crippen molar-refractivity contribution in [2.24, 2.45) is 0 Å². The molecule has 11 heteroatoms. The van der Waals surface area contributed by atoms with Crippen molar-refractivity contribution in [1.82, 2.24) is 9.55 Å². The highest BCUT2D eigenvalue weighted by molar-refractivity contribution is 5.70. The zero-order chi connectivity index (χ0) is 19.4. The van der Waals surface area contributed by atoms with Crippen LogP contribution in [0, 0.1) is 0 Å². The number of carbonyl (C=O) groups excluding carboxylic acids is 2. The molecule has 3 rings (SSSR count). The van der Waals surface area contributed by atoms with Gasteiger partial charge in [0.2, 0.25) is 0 Å². The summed E-state index contributed by atoms with van der Waals surface area (Å²) in [5.41, 5.74) is 1.62. The number of nitrogens with zero attached hydrogens (tertiary/aromatic N) is 2. The van der Waals surface area contributed by atoms with E-state index in [0.29, 0.717) is 0 Å². The Morgan fingerprint density at radius 1 is 1.33 bits per heavy atom. The van der Waals surface area contributed by atoms with Crippen LogP contribution in [-0.2, 0) is 23.8 Å². The van der Waals surface area contributed by atoms with Crippen molar-refractivity contribution in [2.45, 2.75) is 57.1 Å². The summed E-state index contributed by atoms with van der Waals surface area (Å²) in [5, 5.41) is 9.34. The number of fused-ring (bicyclic) bond motifs is 1. The second-order valence-corrected chi connectivity index (χ2v) is 6.20. The van der Waals surface area contributed by atoms with Gasteiger partial charge >= 0.3 is 17.8 Å². The largest absolute Gasteiger partial charge is 0.509 e. The maximum Gasteiger partial charge on any atom is 0.509 e. The minimum atomic E-state index is -0.982. The van der Waals surface area contributed by atoms with Crippen LogP contribution in [0.5, 0.6) is 0 Å². The van der Waals surface area contributed by atoms with Gasteiger partial charge in [0.1, 0.15) is 6.10 Å². The first-order valence-electron chi connectivity index (χ1n) is 8.72. The van der Waals surface area contributed by atoms with Gasteiger partial charge in [-0.3, -0.25) is 4.57 Å².